The highest BCUT2D eigenvalue weighted by Gasteiger charge is 2.11. The molecule has 4 N–H and O–H groups in total. The fourth-order valence-electron chi connectivity index (χ4n) is 2.38. The third kappa shape index (κ3) is 9.90. The molecular weight excluding hydrogens is 523 g/mol. The van der Waals surface area contributed by atoms with E-state index in [1.807, 2.05) is 37.3 Å². The van der Waals surface area contributed by atoms with Gasteiger partial charge in [-0.25, -0.2) is 18.5 Å². The molecule has 0 spiro atoms. The molecule has 1 aromatic carbocycles. The van der Waals surface area contributed by atoms with E-state index in [1.165, 1.54) is 6.07 Å². The lowest BCUT2D eigenvalue weighted by Crippen LogP contribution is -2.40. The number of hydrogen-bond acceptors (Lipinski definition) is 5. The fraction of sp³-hybridized carbons (Fsp3) is 0.421. The first-order chi connectivity index (χ1) is 13.4. The van der Waals surface area contributed by atoms with E-state index >= 15 is 0 Å². The lowest BCUT2D eigenvalue weighted by molar-refractivity contribution is 0.0931. The quantitative estimate of drug-likeness (QED) is 0.239. The predicted molar refractivity (Wildman–Crippen MR) is 129 cm³/mol. The molecule has 7 nitrogen and oxygen atoms in total. The Morgan fingerprint density at radius 3 is 2.55 bits per heavy atom. The number of rotatable bonds is 10. The third-order valence-electron chi connectivity index (χ3n) is 3.79. The van der Waals surface area contributed by atoms with E-state index in [4.69, 9.17) is 9.88 Å². The summed E-state index contributed by atoms with van der Waals surface area (Å²) in [6, 6.07) is 13.3. The first-order valence-electron chi connectivity index (χ1n) is 9.14. The molecule has 1 unspecified atom stereocenters. The minimum Gasteiger partial charge on any atom is -0.376 e. The predicted octanol–water partition coefficient (Wildman–Crippen LogP) is 2.92. The number of sulfonamides is 1. The maximum Gasteiger partial charge on any atom is 0.247 e. The van der Waals surface area contributed by atoms with Gasteiger partial charge in [-0.3, -0.25) is 0 Å². The van der Waals surface area contributed by atoms with Crippen molar-refractivity contribution in [2.75, 3.05) is 19.7 Å². The summed E-state index contributed by atoms with van der Waals surface area (Å²) >= 11 is 1.14. The third-order valence-corrected chi connectivity index (χ3v) is 6.30. The second-order valence-electron chi connectivity index (χ2n) is 6.45. The summed E-state index contributed by atoms with van der Waals surface area (Å²) in [6.07, 6.45) is 0. The summed E-state index contributed by atoms with van der Waals surface area (Å²) in [5.41, 5.74) is 1.16. The number of thiophene rings is 1. The molecule has 0 aliphatic carbocycles. The zero-order valence-corrected chi connectivity index (χ0v) is 20.6. The Balaban J connectivity index is 0.00000420. The van der Waals surface area contributed by atoms with Gasteiger partial charge in [0.25, 0.3) is 0 Å². The second-order valence-corrected chi connectivity index (χ2v) is 9.40. The van der Waals surface area contributed by atoms with Crippen LogP contribution in [0.15, 0.2) is 51.7 Å². The van der Waals surface area contributed by atoms with Gasteiger partial charge in [-0.05, 0) is 30.5 Å². The van der Waals surface area contributed by atoms with Crippen molar-refractivity contribution in [1.82, 2.24) is 10.6 Å². The van der Waals surface area contributed by atoms with Gasteiger partial charge < -0.3 is 15.4 Å². The standard InChI is InChI=1S/C19H28N4O3S2.HI/c1-3-21-19(23-12-17-9-10-18(27-17)28(20,24)25)22-11-15(2)13-26-14-16-7-5-4-6-8-16;/h4-10,15H,3,11-14H2,1-2H3,(H2,20,24,25)(H2,21,22,23);1H. The van der Waals surface area contributed by atoms with Gasteiger partial charge in [0.15, 0.2) is 5.96 Å². The number of nitrogens with one attached hydrogen (secondary N) is 2. The highest BCUT2D eigenvalue weighted by atomic mass is 127. The van der Waals surface area contributed by atoms with Crippen molar-refractivity contribution >= 4 is 51.3 Å². The molecule has 0 saturated carbocycles. The Morgan fingerprint density at radius 1 is 1.21 bits per heavy atom. The van der Waals surface area contributed by atoms with Crippen LogP contribution >= 0.6 is 35.3 Å². The Labute approximate surface area is 194 Å². The van der Waals surface area contributed by atoms with Gasteiger partial charge >= 0.3 is 0 Å². The number of halogens is 1. The van der Waals surface area contributed by atoms with Gasteiger partial charge in [0.2, 0.25) is 10.0 Å². The van der Waals surface area contributed by atoms with E-state index in [9.17, 15) is 8.42 Å². The maximum atomic E-state index is 11.4. The smallest absolute Gasteiger partial charge is 0.247 e. The van der Waals surface area contributed by atoms with Crippen LogP contribution in [0, 0.1) is 5.92 Å². The van der Waals surface area contributed by atoms with E-state index < -0.39 is 10.0 Å². The van der Waals surface area contributed by atoms with Gasteiger partial charge in [-0.15, -0.1) is 35.3 Å². The number of aliphatic imine (C=N–C) groups is 1. The van der Waals surface area contributed by atoms with Crippen molar-refractivity contribution in [1.29, 1.82) is 0 Å². The number of nitrogens with two attached hydrogens (primary N) is 1. The molecule has 0 aliphatic rings. The zero-order valence-electron chi connectivity index (χ0n) is 16.6. The lowest BCUT2D eigenvalue weighted by atomic mass is 10.2. The molecule has 0 bridgehead atoms. The molecule has 0 aliphatic heterocycles. The van der Waals surface area contributed by atoms with Crippen molar-refractivity contribution in [2.45, 2.75) is 31.2 Å². The summed E-state index contributed by atoms with van der Waals surface area (Å²) in [7, 11) is -3.66. The van der Waals surface area contributed by atoms with Crippen molar-refractivity contribution in [3.05, 3.63) is 52.9 Å². The summed E-state index contributed by atoms with van der Waals surface area (Å²) < 4.78 is 28.6. The maximum absolute atomic E-state index is 11.4. The average Bonchev–Trinajstić information content (AvgIpc) is 3.14. The fourth-order valence-corrected chi connectivity index (χ4v) is 4.08. The molecule has 0 fully saturated rings. The highest BCUT2D eigenvalue weighted by molar-refractivity contribution is 14.0. The molecule has 162 valence electrons. The summed E-state index contributed by atoms with van der Waals surface area (Å²) in [5.74, 6) is 0.992. The first kappa shape index (κ1) is 25.8. The monoisotopic (exact) mass is 552 g/mol. The number of hydrogen-bond donors (Lipinski definition) is 3. The molecule has 1 heterocycles. The summed E-state index contributed by atoms with van der Waals surface area (Å²) in [5, 5.41) is 11.6. The van der Waals surface area contributed by atoms with Gasteiger partial charge in [0, 0.05) is 18.0 Å². The molecule has 0 radical (unpaired) electrons. The van der Waals surface area contributed by atoms with Crippen LogP contribution < -0.4 is 15.8 Å². The van der Waals surface area contributed by atoms with Crippen molar-refractivity contribution in [3.63, 3.8) is 0 Å². The summed E-state index contributed by atoms with van der Waals surface area (Å²) in [4.78, 5) is 5.34. The van der Waals surface area contributed by atoms with Gasteiger partial charge in [0.05, 0.1) is 19.8 Å². The van der Waals surface area contributed by atoms with Crippen molar-refractivity contribution in [3.8, 4) is 0 Å². The molecular formula is C19H29IN4O3S2. The lowest BCUT2D eigenvalue weighted by Gasteiger charge is -2.16. The molecule has 10 heteroatoms. The van der Waals surface area contributed by atoms with Crippen LogP contribution in [0.2, 0.25) is 0 Å². The van der Waals surface area contributed by atoms with Crippen LogP contribution in [0.1, 0.15) is 24.3 Å². The number of primary sulfonamides is 1. The van der Waals surface area contributed by atoms with Crippen LogP contribution in [0.3, 0.4) is 0 Å². The molecule has 1 atom stereocenters. The van der Waals surface area contributed by atoms with E-state index in [1.54, 1.807) is 6.07 Å². The van der Waals surface area contributed by atoms with Crippen LogP contribution in [0.4, 0.5) is 0 Å². The van der Waals surface area contributed by atoms with Gasteiger partial charge in [0.1, 0.15) is 4.21 Å². The molecule has 29 heavy (non-hydrogen) atoms. The Hall–Kier alpha value is -1.21. The second kappa shape index (κ2) is 13.2. The van der Waals surface area contributed by atoms with Crippen LogP contribution in [0.5, 0.6) is 0 Å². The van der Waals surface area contributed by atoms with Gasteiger partial charge in [-0.2, -0.15) is 0 Å². The first-order valence-corrected chi connectivity index (χ1v) is 11.5. The minimum atomic E-state index is -3.66. The van der Waals surface area contributed by atoms with E-state index in [2.05, 4.69) is 22.5 Å². The van der Waals surface area contributed by atoms with Crippen molar-refractivity contribution in [2.24, 2.45) is 16.0 Å². The Morgan fingerprint density at radius 2 is 1.93 bits per heavy atom. The van der Waals surface area contributed by atoms with E-state index in [0.29, 0.717) is 38.2 Å². The van der Waals surface area contributed by atoms with Gasteiger partial charge in [-0.1, -0.05) is 37.3 Å². The number of guanidine groups is 1. The van der Waals surface area contributed by atoms with Crippen LogP contribution in [-0.4, -0.2) is 34.1 Å². The topological polar surface area (TPSA) is 106 Å². The number of benzene rings is 1. The average molecular weight is 553 g/mol. The molecule has 2 aromatic rings. The minimum absolute atomic E-state index is 0. The largest absolute Gasteiger partial charge is 0.376 e. The SMILES string of the molecule is CCNC(=NCc1ccc(S(N)(=O)=O)s1)NCC(C)COCc1ccccc1.I. The normalized spacial score (nSPS) is 12.9. The molecule has 0 saturated heterocycles. The number of ether oxygens (including phenoxy) is 1. The molecule has 0 amide bonds. The Bertz CT molecular complexity index is 857. The van der Waals surface area contributed by atoms with E-state index in [0.717, 1.165) is 28.3 Å². The highest BCUT2D eigenvalue weighted by Crippen LogP contribution is 2.20. The number of nitrogens with zero attached hydrogens (tertiary/aromatic N) is 1. The summed E-state index contributed by atoms with van der Waals surface area (Å²) in [6.45, 7) is 7.18. The van der Waals surface area contributed by atoms with Crippen LogP contribution in [0.25, 0.3) is 0 Å². The molecule has 2 rings (SSSR count). The Kier molecular flexibility index (Phi) is 11.7. The van der Waals surface area contributed by atoms with E-state index in [-0.39, 0.29) is 28.2 Å². The van der Waals surface area contributed by atoms with Crippen molar-refractivity contribution < 1.29 is 13.2 Å². The molecule has 1 aromatic heterocycles. The van der Waals surface area contributed by atoms with Crippen LogP contribution in [-0.2, 0) is 27.9 Å². The zero-order chi connectivity index (χ0) is 20.4.